The minimum absolute atomic E-state index is 0.0162. The second-order valence-electron chi connectivity index (χ2n) is 5.90. The third kappa shape index (κ3) is 2.91. The van der Waals surface area contributed by atoms with Gasteiger partial charge in [0, 0.05) is 0 Å². The van der Waals surface area contributed by atoms with Crippen molar-refractivity contribution in [1.29, 1.82) is 0 Å². The first-order chi connectivity index (χ1) is 9.82. The Morgan fingerprint density at radius 1 is 1.24 bits per heavy atom. The molecule has 1 aromatic rings. The van der Waals surface area contributed by atoms with E-state index in [1.54, 1.807) is 24.0 Å². The Bertz CT molecular complexity index is 559. The van der Waals surface area contributed by atoms with Gasteiger partial charge in [0.1, 0.15) is 17.9 Å². The van der Waals surface area contributed by atoms with E-state index in [1.807, 2.05) is 20.8 Å². The molecule has 1 saturated heterocycles. The molecule has 1 aliphatic heterocycles. The second-order valence-corrected chi connectivity index (χ2v) is 5.90. The van der Waals surface area contributed by atoms with Crippen LogP contribution in [0.5, 0.6) is 0 Å². The van der Waals surface area contributed by atoms with Gasteiger partial charge in [0.05, 0.1) is 6.04 Å². The van der Waals surface area contributed by atoms with Crippen LogP contribution in [0.25, 0.3) is 0 Å². The van der Waals surface area contributed by atoms with Crippen molar-refractivity contribution in [3.63, 3.8) is 0 Å². The van der Waals surface area contributed by atoms with Gasteiger partial charge in [-0.05, 0) is 37.5 Å². The third-order valence-electron chi connectivity index (χ3n) is 3.93. The van der Waals surface area contributed by atoms with E-state index in [9.17, 15) is 14.0 Å². The Balaban J connectivity index is 2.40. The molecule has 2 amide bonds. The van der Waals surface area contributed by atoms with E-state index in [-0.39, 0.29) is 29.6 Å². The number of benzene rings is 1. The number of hydrogen-bond acceptors (Lipinski definition) is 2. The maximum Gasteiger partial charge on any atom is 0.246 e. The van der Waals surface area contributed by atoms with E-state index in [0.29, 0.717) is 5.56 Å². The Morgan fingerprint density at radius 2 is 1.90 bits per heavy atom. The Hall–Kier alpha value is -1.91. The van der Waals surface area contributed by atoms with Crippen LogP contribution in [0, 0.1) is 11.7 Å². The van der Waals surface area contributed by atoms with Crippen LogP contribution in [0.2, 0.25) is 0 Å². The summed E-state index contributed by atoms with van der Waals surface area (Å²) in [4.78, 5) is 26.3. The van der Waals surface area contributed by atoms with Gasteiger partial charge in [-0.1, -0.05) is 26.0 Å². The van der Waals surface area contributed by atoms with Crippen LogP contribution in [-0.2, 0) is 9.59 Å². The molecule has 1 aliphatic rings. The molecule has 3 unspecified atom stereocenters. The maximum absolute atomic E-state index is 13.4. The van der Waals surface area contributed by atoms with Crippen molar-refractivity contribution in [2.45, 2.75) is 45.8 Å². The van der Waals surface area contributed by atoms with Crippen molar-refractivity contribution >= 4 is 11.8 Å². The van der Waals surface area contributed by atoms with Gasteiger partial charge in [0.2, 0.25) is 11.8 Å². The zero-order chi connectivity index (χ0) is 15.7. The largest absolute Gasteiger partial charge is 0.343 e. The van der Waals surface area contributed by atoms with Gasteiger partial charge in [-0.3, -0.25) is 9.59 Å². The Kier molecular flexibility index (Phi) is 4.30. The van der Waals surface area contributed by atoms with E-state index in [2.05, 4.69) is 5.32 Å². The number of nitrogens with zero attached hydrogens (tertiary/aromatic N) is 1. The van der Waals surface area contributed by atoms with Gasteiger partial charge in [-0.15, -0.1) is 0 Å². The predicted molar refractivity (Wildman–Crippen MR) is 77.9 cm³/mol. The van der Waals surface area contributed by atoms with Crippen molar-refractivity contribution in [2.24, 2.45) is 5.92 Å². The number of piperazine rings is 1. The highest BCUT2D eigenvalue weighted by atomic mass is 19.1. The van der Waals surface area contributed by atoms with Crippen molar-refractivity contribution in [3.8, 4) is 0 Å². The summed E-state index contributed by atoms with van der Waals surface area (Å²) in [6.07, 6.45) is 0. The SMILES string of the molecule is CC1NC(=O)C(C(C)C)N(C(C)c2cccc(F)c2)C1=O. The smallest absolute Gasteiger partial charge is 0.246 e. The monoisotopic (exact) mass is 292 g/mol. The average molecular weight is 292 g/mol. The first kappa shape index (κ1) is 15.5. The molecule has 0 aliphatic carbocycles. The Labute approximate surface area is 124 Å². The van der Waals surface area contributed by atoms with Crippen LogP contribution in [0.3, 0.4) is 0 Å². The van der Waals surface area contributed by atoms with Gasteiger partial charge in [-0.25, -0.2) is 4.39 Å². The summed E-state index contributed by atoms with van der Waals surface area (Å²) in [6, 6.07) is 4.72. The van der Waals surface area contributed by atoms with Crippen LogP contribution in [0.1, 0.15) is 39.3 Å². The lowest BCUT2D eigenvalue weighted by molar-refractivity contribution is -0.153. The maximum atomic E-state index is 13.4. The van der Waals surface area contributed by atoms with Crippen LogP contribution in [-0.4, -0.2) is 28.8 Å². The van der Waals surface area contributed by atoms with Crippen molar-refractivity contribution in [2.75, 3.05) is 0 Å². The molecule has 2 rings (SSSR count). The third-order valence-corrected chi connectivity index (χ3v) is 3.93. The minimum Gasteiger partial charge on any atom is -0.343 e. The van der Waals surface area contributed by atoms with Crippen LogP contribution >= 0.6 is 0 Å². The standard InChI is InChI=1S/C16H21FN2O2/c1-9(2)14-15(20)18-10(3)16(21)19(14)11(4)12-6-5-7-13(17)8-12/h5-11,14H,1-4H3,(H,18,20). The summed E-state index contributed by atoms with van der Waals surface area (Å²) in [6.45, 7) is 7.30. The van der Waals surface area contributed by atoms with E-state index in [1.165, 1.54) is 12.1 Å². The number of rotatable bonds is 3. The lowest BCUT2D eigenvalue weighted by Crippen LogP contribution is -2.64. The van der Waals surface area contributed by atoms with Crippen LogP contribution < -0.4 is 5.32 Å². The molecule has 0 aromatic heterocycles. The number of carbonyl (C=O) groups excluding carboxylic acids is 2. The van der Waals surface area contributed by atoms with Gasteiger partial charge in [0.15, 0.2) is 0 Å². The Morgan fingerprint density at radius 3 is 2.48 bits per heavy atom. The number of carbonyl (C=O) groups is 2. The number of hydrogen-bond donors (Lipinski definition) is 1. The van der Waals surface area contributed by atoms with Crippen LogP contribution in [0.15, 0.2) is 24.3 Å². The lowest BCUT2D eigenvalue weighted by Gasteiger charge is -2.43. The molecule has 1 heterocycles. The predicted octanol–water partition coefficient (Wildman–Crippen LogP) is 2.26. The topological polar surface area (TPSA) is 49.4 Å². The van der Waals surface area contributed by atoms with Gasteiger partial charge >= 0.3 is 0 Å². The summed E-state index contributed by atoms with van der Waals surface area (Å²) >= 11 is 0. The first-order valence-electron chi connectivity index (χ1n) is 7.21. The molecule has 3 atom stereocenters. The molecule has 0 radical (unpaired) electrons. The summed E-state index contributed by atoms with van der Waals surface area (Å²) in [7, 11) is 0. The zero-order valence-corrected chi connectivity index (χ0v) is 12.8. The molecule has 1 aromatic carbocycles. The average Bonchev–Trinajstić information content (AvgIpc) is 2.41. The number of amides is 2. The summed E-state index contributed by atoms with van der Waals surface area (Å²) < 4.78 is 13.4. The fourth-order valence-corrected chi connectivity index (χ4v) is 2.83. The lowest BCUT2D eigenvalue weighted by atomic mass is 9.93. The first-order valence-corrected chi connectivity index (χ1v) is 7.21. The second kappa shape index (κ2) is 5.84. The van der Waals surface area contributed by atoms with Gasteiger partial charge in [0.25, 0.3) is 0 Å². The fraction of sp³-hybridized carbons (Fsp3) is 0.500. The van der Waals surface area contributed by atoms with Crippen molar-refractivity contribution in [1.82, 2.24) is 10.2 Å². The zero-order valence-electron chi connectivity index (χ0n) is 12.8. The summed E-state index contributed by atoms with van der Waals surface area (Å²) in [5.41, 5.74) is 0.691. The van der Waals surface area contributed by atoms with E-state index >= 15 is 0 Å². The molecule has 114 valence electrons. The van der Waals surface area contributed by atoms with Crippen molar-refractivity contribution in [3.05, 3.63) is 35.6 Å². The molecule has 0 spiro atoms. The molecule has 21 heavy (non-hydrogen) atoms. The van der Waals surface area contributed by atoms with E-state index in [0.717, 1.165) is 0 Å². The van der Waals surface area contributed by atoms with E-state index < -0.39 is 12.1 Å². The quantitative estimate of drug-likeness (QED) is 0.929. The van der Waals surface area contributed by atoms with Crippen molar-refractivity contribution < 1.29 is 14.0 Å². The molecule has 1 N–H and O–H groups in total. The molecule has 0 bridgehead atoms. The highest BCUT2D eigenvalue weighted by Crippen LogP contribution is 2.29. The molecule has 0 saturated carbocycles. The minimum atomic E-state index is -0.552. The molecular formula is C16H21FN2O2. The number of halogens is 1. The molecule has 5 heteroatoms. The number of nitrogens with one attached hydrogen (secondary N) is 1. The molecule has 4 nitrogen and oxygen atoms in total. The fourth-order valence-electron chi connectivity index (χ4n) is 2.83. The normalized spacial score (nSPS) is 24.2. The highest BCUT2D eigenvalue weighted by molar-refractivity contribution is 5.97. The van der Waals surface area contributed by atoms with Crippen LogP contribution in [0.4, 0.5) is 4.39 Å². The molecule has 1 fully saturated rings. The van der Waals surface area contributed by atoms with Gasteiger partial charge in [-0.2, -0.15) is 0 Å². The van der Waals surface area contributed by atoms with Gasteiger partial charge < -0.3 is 10.2 Å². The summed E-state index contributed by atoms with van der Waals surface area (Å²) in [5, 5.41) is 2.70. The molecular weight excluding hydrogens is 271 g/mol. The van der Waals surface area contributed by atoms with E-state index in [4.69, 9.17) is 0 Å². The summed E-state index contributed by atoms with van der Waals surface area (Å²) in [5.74, 6) is -0.648. The highest BCUT2D eigenvalue weighted by Gasteiger charge is 2.42.